The zero-order valence-corrected chi connectivity index (χ0v) is 32.2. The summed E-state index contributed by atoms with van der Waals surface area (Å²) in [5, 5.41) is 0.960. The van der Waals surface area contributed by atoms with Crippen molar-refractivity contribution >= 4 is 97.5 Å². The van der Waals surface area contributed by atoms with Gasteiger partial charge in [-0.3, -0.25) is 9.36 Å². The summed E-state index contributed by atoms with van der Waals surface area (Å²) < 4.78 is 20.9. The van der Waals surface area contributed by atoms with E-state index >= 15 is 0 Å². The minimum atomic E-state index is -0.777. The van der Waals surface area contributed by atoms with Gasteiger partial charge in [0.2, 0.25) is 0 Å². The lowest BCUT2D eigenvalue weighted by Crippen LogP contribution is -2.40. The van der Waals surface area contributed by atoms with Gasteiger partial charge in [-0.05, 0) is 111 Å². The fourth-order valence-corrected chi connectivity index (χ4v) is 8.73. The van der Waals surface area contributed by atoms with Crippen LogP contribution in [-0.4, -0.2) is 24.3 Å². The van der Waals surface area contributed by atoms with Gasteiger partial charge in [0.15, 0.2) is 4.80 Å². The molecule has 0 spiro atoms. The molecule has 2 heterocycles. The number of hydrogen-bond donors (Lipinski definition) is 0. The third-order valence-electron chi connectivity index (χ3n) is 7.49. The van der Waals surface area contributed by atoms with Gasteiger partial charge in [0.05, 0.1) is 52.7 Å². The maximum absolute atomic E-state index is 14.3. The van der Waals surface area contributed by atoms with Crippen molar-refractivity contribution in [3.63, 3.8) is 0 Å². The lowest BCUT2D eigenvalue weighted by molar-refractivity contribution is -0.138. The summed E-state index contributed by atoms with van der Waals surface area (Å²) in [6, 6.07) is 25.4. The molecule has 48 heavy (non-hydrogen) atoms. The molecule has 5 aromatic rings. The van der Waals surface area contributed by atoms with Crippen LogP contribution < -0.4 is 24.4 Å². The number of aromatic nitrogens is 1. The number of halogens is 4. The summed E-state index contributed by atoms with van der Waals surface area (Å²) in [6.07, 6.45) is 1.85. The van der Waals surface area contributed by atoms with Gasteiger partial charge in [0.25, 0.3) is 5.56 Å². The number of benzene rings is 4. The van der Waals surface area contributed by atoms with Crippen molar-refractivity contribution < 1.29 is 19.0 Å². The van der Waals surface area contributed by atoms with Gasteiger partial charge in [-0.25, -0.2) is 9.79 Å². The number of carbonyl (C=O) groups is 1. The second kappa shape index (κ2) is 15.2. The van der Waals surface area contributed by atoms with E-state index in [4.69, 9.17) is 42.4 Å². The standard InChI is InChI=1S/C36H26Cl2I2N2O5S/c1-3-46-35(44)30-31(22-7-5-4-6-8-22)41-36-42(32(30)23-10-12-24(45-2)13-11-23)34(43)29(48-36)18-21-16-27(39)33(28(40)17-21)47-19-20-9-14-25(37)26(38)15-20/h4-18,32H,3,19H2,1-2H3/b29-18-/t32-/m1/s1. The summed E-state index contributed by atoms with van der Waals surface area (Å²) in [5.74, 6) is 0.854. The molecule has 244 valence electrons. The molecule has 7 nitrogen and oxygen atoms in total. The van der Waals surface area contributed by atoms with Crippen molar-refractivity contribution in [2.75, 3.05) is 13.7 Å². The van der Waals surface area contributed by atoms with E-state index in [0.717, 1.165) is 35.1 Å². The second-order valence-electron chi connectivity index (χ2n) is 10.6. The van der Waals surface area contributed by atoms with E-state index in [0.29, 0.717) is 43.0 Å². The number of rotatable bonds is 9. The number of hydrogen-bond acceptors (Lipinski definition) is 7. The van der Waals surface area contributed by atoms with Gasteiger partial charge < -0.3 is 14.2 Å². The lowest BCUT2D eigenvalue weighted by Gasteiger charge is -2.26. The Morgan fingerprint density at radius 2 is 1.69 bits per heavy atom. The molecule has 0 aliphatic carbocycles. The third kappa shape index (κ3) is 7.23. The fraction of sp³-hybridized carbons (Fsp3) is 0.139. The fourth-order valence-electron chi connectivity index (χ4n) is 5.28. The third-order valence-corrected chi connectivity index (χ3v) is 10.8. The van der Waals surface area contributed by atoms with Crippen LogP contribution >= 0.6 is 79.7 Å². The molecule has 0 bridgehead atoms. The van der Waals surface area contributed by atoms with Gasteiger partial charge in [-0.2, -0.15) is 0 Å². The first-order chi connectivity index (χ1) is 23.2. The normalized spacial score (nSPS) is 14.4. The zero-order valence-electron chi connectivity index (χ0n) is 25.5. The van der Waals surface area contributed by atoms with E-state index in [1.807, 2.05) is 78.9 Å². The Labute approximate surface area is 317 Å². The van der Waals surface area contributed by atoms with Crippen molar-refractivity contribution in [1.29, 1.82) is 0 Å². The molecule has 0 N–H and O–H groups in total. The number of carbonyl (C=O) groups excluding carboxylic acids is 1. The molecule has 0 saturated heterocycles. The predicted molar refractivity (Wildman–Crippen MR) is 207 cm³/mol. The number of ether oxygens (including phenoxy) is 3. The van der Waals surface area contributed by atoms with Crippen LogP contribution in [0.25, 0.3) is 11.8 Å². The van der Waals surface area contributed by atoms with Crippen LogP contribution in [-0.2, 0) is 16.1 Å². The number of thiazole rings is 1. The van der Waals surface area contributed by atoms with Gasteiger partial charge >= 0.3 is 5.97 Å². The van der Waals surface area contributed by atoms with E-state index in [1.54, 1.807) is 30.7 Å². The van der Waals surface area contributed by atoms with Gasteiger partial charge in [0.1, 0.15) is 18.1 Å². The minimum Gasteiger partial charge on any atom is -0.497 e. The molecule has 4 aromatic carbocycles. The molecule has 0 unspecified atom stereocenters. The summed E-state index contributed by atoms with van der Waals surface area (Å²) >= 11 is 18.0. The van der Waals surface area contributed by atoms with Crippen LogP contribution in [0.2, 0.25) is 10.0 Å². The Bertz CT molecular complexity index is 2210. The van der Waals surface area contributed by atoms with E-state index in [-0.39, 0.29) is 12.2 Å². The Hall–Kier alpha value is -3.17. The van der Waals surface area contributed by atoms with E-state index in [2.05, 4.69) is 45.2 Å². The summed E-state index contributed by atoms with van der Waals surface area (Å²) in [6.45, 7) is 2.25. The largest absolute Gasteiger partial charge is 0.497 e. The highest BCUT2D eigenvalue weighted by Crippen LogP contribution is 2.36. The highest BCUT2D eigenvalue weighted by atomic mass is 127. The number of nitrogens with zero attached hydrogens (tertiary/aromatic N) is 2. The van der Waals surface area contributed by atoms with Crippen LogP contribution in [0.3, 0.4) is 0 Å². The van der Waals surface area contributed by atoms with Crippen molar-refractivity contribution in [3.8, 4) is 11.5 Å². The number of fused-ring (bicyclic) bond motifs is 1. The molecule has 0 fully saturated rings. The molecular weight excluding hydrogens is 897 g/mol. The summed E-state index contributed by atoms with van der Waals surface area (Å²) in [5.41, 5.74) is 3.68. The predicted octanol–water partition coefficient (Wildman–Crippen LogP) is 8.04. The smallest absolute Gasteiger partial charge is 0.338 e. The minimum absolute atomic E-state index is 0.175. The van der Waals surface area contributed by atoms with Crippen LogP contribution in [0, 0.1) is 7.14 Å². The van der Waals surface area contributed by atoms with E-state index in [1.165, 1.54) is 11.3 Å². The van der Waals surface area contributed by atoms with Crippen LogP contribution in [0.15, 0.2) is 100 Å². The monoisotopic (exact) mass is 922 g/mol. The average molecular weight is 923 g/mol. The molecule has 1 atom stereocenters. The van der Waals surface area contributed by atoms with E-state index in [9.17, 15) is 9.59 Å². The van der Waals surface area contributed by atoms with E-state index < -0.39 is 12.0 Å². The second-order valence-corrected chi connectivity index (χ2v) is 14.7. The molecule has 6 rings (SSSR count). The molecule has 12 heteroatoms. The molecule has 0 amide bonds. The van der Waals surface area contributed by atoms with Crippen LogP contribution in [0.1, 0.15) is 35.2 Å². The molecular formula is C36H26Cl2I2N2O5S. The number of methoxy groups -OCH3 is 1. The molecule has 1 aliphatic rings. The molecule has 0 saturated carbocycles. The first-order valence-electron chi connectivity index (χ1n) is 14.7. The topological polar surface area (TPSA) is 79.1 Å². The van der Waals surface area contributed by atoms with Crippen molar-refractivity contribution in [2.45, 2.75) is 19.6 Å². The number of esters is 1. The van der Waals surface area contributed by atoms with Crippen molar-refractivity contribution in [3.05, 3.63) is 150 Å². The summed E-state index contributed by atoms with van der Waals surface area (Å²) in [4.78, 5) is 33.4. The van der Waals surface area contributed by atoms with Gasteiger partial charge in [0, 0.05) is 5.56 Å². The Morgan fingerprint density at radius 1 is 0.979 bits per heavy atom. The lowest BCUT2D eigenvalue weighted by atomic mass is 9.93. The summed E-state index contributed by atoms with van der Waals surface area (Å²) in [7, 11) is 1.59. The Kier molecular flexibility index (Phi) is 11.0. The van der Waals surface area contributed by atoms with Crippen LogP contribution in [0.4, 0.5) is 0 Å². The molecule has 0 radical (unpaired) electrons. The molecule has 1 aliphatic heterocycles. The maximum atomic E-state index is 14.3. The molecule has 1 aromatic heterocycles. The maximum Gasteiger partial charge on any atom is 0.338 e. The highest BCUT2D eigenvalue weighted by Gasteiger charge is 2.35. The first kappa shape index (κ1) is 34.7. The van der Waals surface area contributed by atoms with Crippen LogP contribution in [0.5, 0.6) is 11.5 Å². The Balaban J connectivity index is 1.46. The zero-order chi connectivity index (χ0) is 33.9. The first-order valence-corrected chi connectivity index (χ1v) is 18.4. The highest BCUT2D eigenvalue weighted by molar-refractivity contribution is 14.1. The van der Waals surface area contributed by atoms with Gasteiger partial charge in [-0.15, -0.1) is 0 Å². The quantitative estimate of drug-likeness (QED) is 0.111. The average Bonchev–Trinajstić information content (AvgIpc) is 3.39. The van der Waals surface area contributed by atoms with Gasteiger partial charge in [-0.1, -0.05) is 83.1 Å². The SMILES string of the molecule is CCOC(=O)C1=C(c2ccccc2)N=c2s/c(=C\c3cc(I)c(OCc4ccc(Cl)c(Cl)c4)c(I)c3)c(=O)n2[C@@H]1c1ccc(OC)cc1. The van der Waals surface area contributed by atoms with Crippen molar-refractivity contribution in [1.82, 2.24) is 4.57 Å². The van der Waals surface area contributed by atoms with Crippen molar-refractivity contribution in [2.24, 2.45) is 4.99 Å². The Morgan fingerprint density at radius 3 is 2.33 bits per heavy atom.